The van der Waals surface area contributed by atoms with Crippen molar-refractivity contribution >= 4 is 21.6 Å². The lowest BCUT2D eigenvalue weighted by Gasteiger charge is -2.36. The second-order valence-corrected chi connectivity index (χ2v) is 7.20. The van der Waals surface area contributed by atoms with Crippen LogP contribution in [0.15, 0.2) is 30.3 Å². The summed E-state index contributed by atoms with van der Waals surface area (Å²) in [6, 6.07) is 8.46. The first-order chi connectivity index (χ1) is 9.55. The Morgan fingerprint density at radius 2 is 2.00 bits per heavy atom. The van der Waals surface area contributed by atoms with Crippen LogP contribution in [0.3, 0.4) is 0 Å². The number of hydrogen-bond acceptors (Lipinski definition) is 4. The second-order valence-electron chi connectivity index (χ2n) is 5.04. The van der Waals surface area contributed by atoms with E-state index in [2.05, 4.69) is 5.32 Å². The zero-order valence-corrected chi connectivity index (χ0v) is 11.7. The Kier molecular flexibility index (Phi) is 3.39. The van der Waals surface area contributed by atoms with Gasteiger partial charge in [-0.1, -0.05) is 18.2 Å². The number of morpholine rings is 1. The predicted molar refractivity (Wildman–Crippen MR) is 74.3 cm³/mol. The number of carbonyl (C=O) groups excluding carboxylic acids is 1. The van der Waals surface area contributed by atoms with E-state index in [1.807, 2.05) is 18.2 Å². The Labute approximate surface area is 117 Å². The largest absolute Gasteiger partial charge is 0.373 e. The van der Waals surface area contributed by atoms with Gasteiger partial charge in [-0.25, -0.2) is 13.2 Å². The van der Waals surface area contributed by atoms with E-state index in [1.54, 1.807) is 17.0 Å². The molecular weight excluding hydrogens is 280 g/mol. The van der Waals surface area contributed by atoms with Gasteiger partial charge in [-0.05, 0) is 12.1 Å². The average Bonchev–Trinajstić information content (AvgIpc) is 2.73. The van der Waals surface area contributed by atoms with Crippen LogP contribution >= 0.6 is 0 Å². The van der Waals surface area contributed by atoms with E-state index >= 15 is 0 Å². The summed E-state index contributed by atoms with van der Waals surface area (Å²) in [5.41, 5.74) is 0.696. The molecule has 1 aromatic rings. The van der Waals surface area contributed by atoms with Crippen LogP contribution in [0.2, 0.25) is 0 Å². The summed E-state index contributed by atoms with van der Waals surface area (Å²) in [5, 5.41) is 2.79. The Hall–Kier alpha value is -1.60. The van der Waals surface area contributed by atoms with Gasteiger partial charge in [0.1, 0.15) is 0 Å². The maximum absolute atomic E-state index is 12.3. The third kappa shape index (κ3) is 2.64. The van der Waals surface area contributed by atoms with Crippen LogP contribution in [0.4, 0.5) is 10.5 Å². The van der Waals surface area contributed by atoms with Crippen LogP contribution < -0.4 is 5.32 Å². The summed E-state index contributed by atoms with van der Waals surface area (Å²) in [6.07, 6.45) is -0.393. The van der Waals surface area contributed by atoms with Gasteiger partial charge in [-0.15, -0.1) is 0 Å². The molecule has 3 rings (SSSR count). The Morgan fingerprint density at radius 1 is 1.25 bits per heavy atom. The summed E-state index contributed by atoms with van der Waals surface area (Å²) in [4.78, 5) is 13.9. The second kappa shape index (κ2) is 5.06. The molecule has 2 heterocycles. The van der Waals surface area contributed by atoms with E-state index in [9.17, 15) is 13.2 Å². The monoisotopic (exact) mass is 296 g/mol. The minimum Gasteiger partial charge on any atom is -0.373 e. The maximum atomic E-state index is 12.3. The van der Waals surface area contributed by atoms with Crippen LogP contribution in [-0.2, 0) is 14.6 Å². The van der Waals surface area contributed by atoms with Crippen molar-refractivity contribution in [3.63, 3.8) is 0 Å². The highest BCUT2D eigenvalue weighted by Crippen LogP contribution is 2.25. The predicted octanol–water partition coefficient (Wildman–Crippen LogP) is 0.716. The summed E-state index contributed by atoms with van der Waals surface area (Å²) >= 11 is 0. The quantitative estimate of drug-likeness (QED) is 0.828. The van der Waals surface area contributed by atoms with Crippen molar-refractivity contribution in [2.45, 2.75) is 12.1 Å². The smallest absolute Gasteiger partial charge is 0.322 e. The van der Waals surface area contributed by atoms with Gasteiger partial charge in [0.15, 0.2) is 9.84 Å². The fourth-order valence-corrected chi connectivity index (χ4v) is 4.55. The Bertz CT molecular complexity index is 602. The van der Waals surface area contributed by atoms with Crippen LogP contribution in [0, 0.1) is 0 Å². The topological polar surface area (TPSA) is 75.7 Å². The van der Waals surface area contributed by atoms with Crippen molar-refractivity contribution in [1.82, 2.24) is 4.90 Å². The standard InChI is InChI=1S/C13H16N2O4S/c16-13(14-10-4-2-1-3-5-10)15-6-7-19-12-9-20(17,18)8-11(12)15/h1-5,11-12H,6-9H2,(H,14,16). The number of rotatable bonds is 1. The van der Waals surface area contributed by atoms with Crippen molar-refractivity contribution in [1.29, 1.82) is 0 Å². The molecule has 1 aromatic carbocycles. The number of nitrogens with one attached hydrogen (secondary N) is 1. The molecule has 0 aromatic heterocycles. The van der Waals surface area contributed by atoms with Gasteiger partial charge in [0.05, 0.1) is 30.3 Å². The SMILES string of the molecule is O=C(Nc1ccccc1)N1CCOC2CS(=O)(=O)CC21. The van der Waals surface area contributed by atoms with Crippen molar-refractivity contribution in [3.05, 3.63) is 30.3 Å². The number of amides is 2. The van der Waals surface area contributed by atoms with Crippen molar-refractivity contribution in [2.75, 3.05) is 30.0 Å². The molecule has 2 aliphatic heterocycles. The number of ether oxygens (including phenoxy) is 1. The molecule has 7 heteroatoms. The molecule has 0 bridgehead atoms. The average molecular weight is 296 g/mol. The number of anilines is 1. The van der Waals surface area contributed by atoms with Gasteiger partial charge in [0.2, 0.25) is 0 Å². The maximum Gasteiger partial charge on any atom is 0.322 e. The molecule has 20 heavy (non-hydrogen) atoms. The first-order valence-corrected chi connectivity index (χ1v) is 8.32. The van der Waals surface area contributed by atoms with Gasteiger partial charge in [0, 0.05) is 12.2 Å². The number of benzene rings is 1. The molecule has 2 unspecified atom stereocenters. The molecule has 6 nitrogen and oxygen atoms in total. The number of nitrogens with zero attached hydrogens (tertiary/aromatic N) is 1. The fraction of sp³-hybridized carbons (Fsp3) is 0.462. The summed E-state index contributed by atoms with van der Waals surface area (Å²) in [6.45, 7) is 0.786. The number of carbonyl (C=O) groups is 1. The summed E-state index contributed by atoms with van der Waals surface area (Å²) in [5.74, 6) is -0.00728. The lowest BCUT2D eigenvalue weighted by Crippen LogP contribution is -2.54. The van der Waals surface area contributed by atoms with E-state index in [0.29, 0.717) is 18.8 Å². The molecule has 2 amide bonds. The van der Waals surface area contributed by atoms with Gasteiger partial charge in [0.25, 0.3) is 0 Å². The lowest BCUT2D eigenvalue weighted by atomic mass is 10.1. The van der Waals surface area contributed by atoms with Crippen LogP contribution in [0.1, 0.15) is 0 Å². The molecule has 0 saturated carbocycles. The molecule has 2 fully saturated rings. The normalized spacial score (nSPS) is 27.9. The number of hydrogen-bond donors (Lipinski definition) is 1. The minimum absolute atomic E-state index is 0.00673. The zero-order chi connectivity index (χ0) is 14.2. The molecule has 2 atom stereocenters. The minimum atomic E-state index is -3.11. The molecule has 0 radical (unpaired) electrons. The number of sulfone groups is 1. The number of fused-ring (bicyclic) bond motifs is 1. The molecule has 2 aliphatic rings. The number of para-hydroxylation sites is 1. The Balaban J connectivity index is 1.74. The fourth-order valence-electron chi connectivity index (χ4n) is 2.68. The molecule has 0 spiro atoms. The van der Waals surface area contributed by atoms with Gasteiger partial charge >= 0.3 is 6.03 Å². The molecule has 108 valence electrons. The Morgan fingerprint density at radius 3 is 2.75 bits per heavy atom. The van der Waals surface area contributed by atoms with Crippen molar-refractivity contribution < 1.29 is 17.9 Å². The van der Waals surface area contributed by atoms with E-state index < -0.39 is 15.9 Å². The van der Waals surface area contributed by atoms with Crippen molar-refractivity contribution in [2.24, 2.45) is 0 Å². The van der Waals surface area contributed by atoms with Gasteiger partial charge in [-0.2, -0.15) is 0 Å². The third-order valence-corrected chi connectivity index (χ3v) is 5.31. The zero-order valence-electron chi connectivity index (χ0n) is 10.9. The van der Waals surface area contributed by atoms with Crippen LogP contribution in [0.25, 0.3) is 0 Å². The van der Waals surface area contributed by atoms with Crippen LogP contribution in [0.5, 0.6) is 0 Å². The van der Waals surface area contributed by atoms with Gasteiger partial charge < -0.3 is 15.0 Å². The van der Waals surface area contributed by atoms with E-state index in [1.165, 1.54) is 0 Å². The highest BCUT2D eigenvalue weighted by molar-refractivity contribution is 7.91. The van der Waals surface area contributed by atoms with Crippen molar-refractivity contribution in [3.8, 4) is 0 Å². The van der Waals surface area contributed by atoms with E-state index in [0.717, 1.165) is 0 Å². The van der Waals surface area contributed by atoms with E-state index in [-0.39, 0.29) is 23.6 Å². The molecular formula is C13H16N2O4S. The van der Waals surface area contributed by atoms with Gasteiger partial charge in [-0.3, -0.25) is 0 Å². The van der Waals surface area contributed by atoms with Crippen LogP contribution in [-0.4, -0.2) is 56.2 Å². The third-order valence-electron chi connectivity index (χ3n) is 3.62. The first-order valence-electron chi connectivity index (χ1n) is 6.50. The highest BCUT2D eigenvalue weighted by atomic mass is 32.2. The highest BCUT2D eigenvalue weighted by Gasteiger charge is 2.45. The number of urea groups is 1. The molecule has 0 aliphatic carbocycles. The van der Waals surface area contributed by atoms with E-state index in [4.69, 9.17) is 4.74 Å². The first kappa shape index (κ1) is 13.4. The molecule has 2 saturated heterocycles. The lowest BCUT2D eigenvalue weighted by molar-refractivity contribution is -0.0267. The molecule has 1 N–H and O–H groups in total. The summed E-state index contributed by atoms with van der Waals surface area (Å²) < 4.78 is 28.8. The summed E-state index contributed by atoms with van der Waals surface area (Å²) in [7, 11) is -3.11.